The van der Waals surface area contributed by atoms with E-state index in [1.54, 1.807) is 24.3 Å². The molecule has 2 aliphatic rings. The second-order valence-electron chi connectivity index (χ2n) is 9.22. The first-order valence-electron chi connectivity index (χ1n) is 12.4. The average molecular weight is 508 g/mol. The van der Waals surface area contributed by atoms with Gasteiger partial charge in [-0.25, -0.2) is 9.40 Å². The summed E-state index contributed by atoms with van der Waals surface area (Å²) >= 11 is 0. The molecule has 2 aromatic heterocycles. The van der Waals surface area contributed by atoms with E-state index in [0.717, 1.165) is 30.1 Å². The number of halogens is 1. The van der Waals surface area contributed by atoms with Crippen LogP contribution in [0.15, 0.2) is 70.5 Å². The van der Waals surface area contributed by atoms with Crippen molar-refractivity contribution in [1.29, 1.82) is 0 Å². The number of carbonyl (C=O) groups excluding carboxylic acids is 2. The van der Waals surface area contributed by atoms with Crippen LogP contribution in [0, 0.1) is 5.82 Å². The SMILES string of the molecule is Cn1cccc1C1=NN(C(=O)CN(CCN2CCOCC2)C(=O)c2ccco2)[C@H](c2ccc(F)cc2)C1. The van der Waals surface area contributed by atoms with Gasteiger partial charge in [0.05, 0.1) is 36.9 Å². The smallest absolute Gasteiger partial charge is 0.290 e. The summed E-state index contributed by atoms with van der Waals surface area (Å²) in [6, 6.07) is 12.8. The van der Waals surface area contributed by atoms with Crippen LogP contribution in [0.1, 0.15) is 34.3 Å². The third kappa shape index (κ3) is 5.65. The van der Waals surface area contributed by atoms with Crippen LogP contribution in [-0.4, -0.2) is 82.8 Å². The van der Waals surface area contributed by atoms with E-state index in [0.29, 0.717) is 32.7 Å². The predicted octanol–water partition coefficient (Wildman–Crippen LogP) is 2.91. The summed E-state index contributed by atoms with van der Waals surface area (Å²) in [5.74, 6) is -0.836. The highest BCUT2D eigenvalue weighted by Crippen LogP contribution is 2.33. The number of aryl methyl sites for hydroxylation is 1. The Morgan fingerprint density at radius 1 is 1.11 bits per heavy atom. The molecule has 9 nitrogen and oxygen atoms in total. The lowest BCUT2D eigenvalue weighted by Gasteiger charge is -2.30. The van der Waals surface area contributed by atoms with Gasteiger partial charge in [0.2, 0.25) is 0 Å². The molecule has 37 heavy (non-hydrogen) atoms. The minimum Gasteiger partial charge on any atom is -0.459 e. The van der Waals surface area contributed by atoms with Gasteiger partial charge in [-0.15, -0.1) is 0 Å². The highest BCUT2D eigenvalue weighted by molar-refractivity contribution is 6.02. The third-order valence-corrected chi connectivity index (χ3v) is 6.80. The number of furan rings is 1. The molecule has 10 heteroatoms. The zero-order valence-electron chi connectivity index (χ0n) is 20.8. The number of ether oxygens (including phenoxy) is 1. The van der Waals surface area contributed by atoms with Crippen LogP contribution in [0.25, 0.3) is 0 Å². The number of aromatic nitrogens is 1. The molecule has 2 aliphatic heterocycles. The molecular formula is C27H30FN5O4. The van der Waals surface area contributed by atoms with Gasteiger partial charge in [-0.1, -0.05) is 12.1 Å². The maximum atomic E-state index is 13.7. The molecule has 0 aliphatic carbocycles. The van der Waals surface area contributed by atoms with Gasteiger partial charge in [-0.3, -0.25) is 14.5 Å². The van der Waals surface area contributed by atoms with Crippen molar-refractivity contribution in [2.24, 2.45) is 12.1 Å². The number of rotatable bonds is 8. The summed E-state index contributed by atoms with van der Waals surface area (Å²) in [7, 11) is 1.92. The lowest BCUT2D eigenvalue weighted by molar-refractivity contribution is -0.133. The molecule has 5 rings (SSSR count). The lowest BCUT2D eigenvalue weighted by Crippen LogP contribution is -2.46. The van der Waals surface area contributed by atoms with E-state index in [9.17, 15) is 14.0 Å². The van der Waals surface area contributed by atoms with Gasteiger partial charge in [0.15, 0.2) is 5.76 Å². The highest BCUT2D eigenvalue weighted by atomic mass is 19.1. The van der Waals surface area contributed by atoms with E-state index < -0.39 is 6.04 Å². The Labute approximate surface area is 214 Å². The van der Waals surface area contributed by atoms with Crippen LogP contribution in [0.2, 0.25) is 0 Å². The molecule has 0 radical (unpaired) electrons. The number of hydrogen-bond acceptors (Lipinski definition) is 6. The summed E-state index contributed by atoms with van der Waals surface area (Å²) in [6.07, 6.45) is 3.84. The van der Waals surface area contributed by atoms with Crippen molar-refractivity contribution in [2.75, 3.05) is 45.9 Å². The summed E-state index contributed by atoms with van der Waals surface area (Å²) in [5, 5.41) is 6.13. The third-order valence-electron chi connectivity index (χ3n) is 6.80. The van der Waals surface area contributed by atoms with Crippen LogP contribution in [-0.2, 0) is 16.6 Å². The first kappa shape index (κ1) is 24.9. The second kappa shape index (κ2) is 11.1. The van der Waals surface area contributed by atoms with E-state index in [4.69, 9.17) is 14.3 Å². The number of amides is 2. The minimum atomic E-state index is -0.405. The Bertz CT molecular complexity index is 1250. The molecule has 2 amide bonds. The molecule has 1 atom stereocenters. The van der Waals surface area contributed by atoms with Gasteiger partial charge in [0, 0.05) is 45.8 Å². The summed E-state index contributed by atoms with van der Waals surface area (Å²) in [6.45, 7) is 3.66. The molecule has 0 saturated carbocycles. The van der Waals surface area contributed by atoms with Crippen molar-refractivity contribution in [3.63, 3.8) is 0 Å². The zero-order chi connectivity index (χ0) is 25.8. The van der Waals surface area contributed by atoms with Gasteiger partial charge in [-0.2, -0.15) is 5.10 Å². The molecule has 194 valence electrons. The fourth-order valence-electron chi connectivity index (χ4n) is 4.73. The quantitative estimate of drug-likeness (QED) is 0.468. The van der Waals surface area contributed by atoms with E-state index >= 15 is 0 Å². The molecule has 1 fully saturated rings. The van der Waals surface area contributed by atoms with Gasteiger partial charge >= 0.3 is 0 Å². The first-order chi connectivity index (χ1) is 18.0. The lowest BCUT2D eigenvalue weighted by atomic mass is 10.0. The Balaban J connectivity index is 1.39. The molecular weight excluding hydrogens is 477 g/mol. The predicted molar refractivity (Wildman–Crippen MR) is 134 cm³/mol. The normalized spacial score (nSPS) is 18.2. The van der Waals surface area contributed by atoms with Gasteiger partial charge in [-0.05, 0) is 42.0 Å². The Morgan fingerprint density at radius 2 is 1.89 bits per heavy atom. The van der Waals surface area contributed by atoms with Crippen molar-refractivity contribution >= 4 is 17.5 Å². The topological polar surface area (TPSA) is 83.5 Å². The second-order valence-corrected chi connectivity index (χ2v) is 9.22. The standard InChI is InChI=1S/C27H30FN5O4/c1-30-10-2-4-23(30)22-18-24(20-6-8-21(28)9-7-20)33(29-22)26(34)19-32(27(35)25-5-3-15-37-25)12-11-31-13-16-36-17-14-31/h2-10,15,24H,11-14,16-19H2,1H3/t24-/m0/s1. The molecule has 4 heterocycles. The Kier molecular flexibility index (Phi) is 7.47. The number of nitrogens with zero attached hydrogens (tertiary/aromatic N) is 5. The fraction of sp³-hybridized carbons (Fsp3) is 0.370. The summed E-state index contributed by atoms with van der Waals surface area (Å²) in [4.78, 5) is 30.7. The molecule has 0 N–H and O–H groups in total. The molecule has 3 aromatic rings. The van der Waals surface area contributed by atoms with Crippen molar-refractivity contribution in [3.05, 3.63) is 83.8 Å². The van der Waals surface area contributed by atoms with Crippen LogP contribution in [0.3, 0.4) is 0 Å². The number of morpholine rings is 1. The monoisotopic (exact) mass is 507 g/mol. The fourth-order valence-corrected chi connectivity index (χ4v) is 4.73. The van der Waals surface area contributed by atoms with Crippen molar-refractivity contribution < 1.29 is 23.1 Å². The maximum absolute atomic E-state index is 13.7. The van der Waals surface area contributed by atoms with Gasteiger partial charge < -0.3 is 18.6 Å². The number of hydrogen-bond donors (Lipinski definition) is 0. The van der Waals surface area contributed by atoms with Crippen LogP contribution in [0.4, 0.5) is 4.39 Å². The Hall–Kier alpha value is -3.76. The van der Waals surface area contributed by atoms with Crippen LogP contribution >= 0.6 is 0 Å². The number of carbonyl (C=O) groups is 2. The Morgan fingerprint density at radius 3 is 2.57 bits per heavy atom. The largest absolute Gasteiger partial charge is 0.459 e. The van der Waals surface area contributed by atoms with Crippen molar-refractivity contribution in [3.8, 4) is 0 Å². The molecule has 1 aromatic carbocycles. The molecule has 0 unspecified atom stereocenters. The van der Waals surface area contributed by atoms with E-state index in [-0.39, 0.29) is 29.9 Å². The minimum absolute atomic E-state index is 0.161. The number of hydrazone groups is 1. The maximum Gasteiger partial charge on any atom is 0.290 e. The van der Waals surface area contributed by atoms with Crippen molar-refractivity contribution in [1.82, 2.24) is 19.4 Å². The van der Waals surface area contributed by atoms with Crippen molar-refractivity contribution in [2.45, 2.75) is 12.5 Å². The molecule has 0 spiro atoms. The van der Waals surface area contributed by atoms with Crippen LogP contribution in [0.5, 0.6) is 0 Å². The van der Waals surface area contributed by atoms with E-state index in [1.165, 1.54) is 28.3 Å². The number of benzene rings is 1. The molecule has 0 bridgehead atoms. The van der Waals surface area contributed by atoms with Crippen LogP contribution < -0.4 is 0 Å². The highest BCUT2D eigenvalue weighted by Gasteiger charge is 2.35. The summed E-state index contributed by atoms with van der Waals surface area (Å²) < 4.78 is 26.3. The van der Waals surface area contributed by atoms with Gasteiger partial charge in [0.1, 0.15) is 12.4 Å². The van der Waals surface area contributed by atoms with E-state index in [2.05, 4.69) is 4.90 Å². The average Bonchev–Trinajstić information content (AvgIpc) is 3.68. The van der Waals surface area contributed by atoms with E-state index in [1.807, 2.05) is 29.9 Å². The zero-order valence-corrected chi connectivity index (χ0v) is 20.8. The molecule has 1 saturated heterocycles. The first-order valence-corrected chi connectivity index (χ1v) is 12.4. The summed E-state index contributed by atoms with van der Waals surface area (Å²) in [5.41, 5.74) is 2.44. The van der Waals surface area contributed by atoms with Gasteiger partial charge in [0.25, 0.3) is 11.8 Å².